The Kier molecular flexibility index (Phi) is 3.19. The van der Waals surface area contributed by atoms with Crippen molar-refractivity contribution in [2.24, 2.45) is 0 Å². The number of nitrogens with zero attached hydrogens (tertiary/aromatic N) is 1. The molecule has 108 valence electrons. The largest absolute Gasteiger partial charge is 0.508 e. The molecular formula is C19H21NO. The van der Waals surface area contributed by atoms with Crippen molar-refractivity contribution in [1.82, 2.24) is 4.90 Å². The summed E-state index contributed by atoms with van der Waals surface area (Å²) in [4.78, 5) is 2.44. The molecule has 4 rings (SSSR count). The summed E-state index contributed by atoms with van der Waals surface area (Å²) in [6.45, 7) is 2.92. The van der Waals surface area contributed by atoms with Gasteiger partial charge in [0.05, 0.1) is 0 Å². The van der Waals surface area contributed by atoms with E-state index < -0.39 is 0 Å². The van der Waals surface area contributed by atoms with Gasteiger partial charge in [0.25, 0.3) is 0 Å². The maximum absolute atomic E-state index is 10.3. The van der Waals surface area contributed by atoms with Crippen molar-refractivity contribution >= 4 is 0 Å². The van der Waals surface area contributed by atoms with E-state index in [0.29, 0.717) is 5.75 Å². The molecule has 0 bridgehead atoms. The molecule has 2 aromatic carbocycles. The number of hydrogen-bond donors (Lipinski definition) is 1. The monoisotopic (exact) mass is 279 g/mol. The van der Waals surface area contributed by atoms with Crippen LogP contribution in [0, 0.1) is 0 Å². The average molecular weight is 279 g/mol. The molecule has 2 aliphatic rings. The maximum atomic E-state index is 10.3. The lowest BCUT2D eigenvalue weighted by atomic mass is 9.99. The summed E-state index contributed by atoms with van der Waals surface area (Å²) in [7, 11) is 0. The number of aryl methyl sites for hydroxylation is 2. The molecule has 0 amide bonds. The van der Waals surface area contributed by atoms with Gasteiger partial charge in [-0.2, -0.15) is 0 Å². The van der Waals surface area contributed by atoms with Crippen LogP contribution in [-0.2, 0) is 32.4 Å². The van der Waals surface area contributed by atoms with E-state index in [4.69, 9.17) is 0 Å². The van der Waals surface area contributed by atoms with Crippen LogP contribution in [0.15, 0.2) is 36.4 Å². The third-order valence-corrected chi connectivity index (χ3v) is 4.90. The zero-order valence-corrected chi connectivity index (χ0v) is 12.3. The predicted octanol–water partition coefficient (Wildman–Crippen LogP) is 3.44. The average Bonchev–Trinajstić information content (AvgIpc) is 2.94. The van der Waals surface area contributed by atoms with Crippen molar-refractivity contribution in [2.75, 3.05) is 6.54 Å². The molecule has 1 N–H and O–H groups in total. The number of phenolic OH excluding ortho intramolecular Hbond substituents is 1. The number of phenols is 1. The minimum absolute atomic E-state index is 0.481. The Morgan fingerprint density at radius 2 is 1.67 bits per heavy atom. The van der Waals surface area contributed by atoms with Crippen LogP contribution < -0.4 is 0 Å². The van der Waals surface area contributed by atoms with Crippen LogP contribution in [0.5, 0.6) is 5.75 Å². The Bertz CT molecular complexity index is 677. The molecule has 2 aromatic rings. The van der Waals surface area contributed by atoms with Gasteiger partial charge in [-0.05, 0) is 54.0 Å². The van der Waals surface area contributed by atoms with Crippen molar-refractivity contribution < 1.29 is 5.11 Å². The molecule has 1 aliphatic carbocycles. The highest BCUT2D eigenvalue weighted by Gasteiger charge is 2.19. The second kappa shape index (κ2) is 5.19. The number of hydrogen-bond acceptors (Lipinski definition) is 2. The van der Waals surface area contributed by atoms with Crippen LogP contribution in [0.3, 0.4) is 0 Å². The molecular weight excluding hydrogens is 258 g/mol. The van der Waals surface area contributed by atoms with Crippen molar-refractivity contribution in [2.45, 2.75) is 38.8 Å². The normalized spacial score (nSPS) is 17.5. The zero-order chi connectivity index (χ0) is 14.2. The van der Waals surface area contributed by atoms with Crippen molar-refractivity contribution in [3.8, 4) is 5.75 Å². The molecule has 0 atom stereocenters. The second-order valence-electron chi connectivity index (χ2n) is 6.33. The number of rotatable bonds is 2. The maximum Gasteiger partial charge on any atom is 0.120 e. The fraction of sp³-hybridized carbons (Fsp3) is 0.368. The third-order valence-electron chi connectivity index (χ3n) is 4.90. The molecule has 1 heterocycles. The second-order valence-corrected chi connectivity index (χ2v) is 6.33. The molecule has 0 unspecified atom stereocenters. The SMILES string of the molecule is Oc1cc2c(cc1CN1CCc3ccccc3C1)CCC2. The Balaban J connectivity index is 1.55. The lowest BCUT2D eigenvalue weighted by Crippen LogP contribution is -2.30. The lowest BCUT2D eigenvalue weighted by Gasteiger charge is -2.29. The summed E-state index contributed by atoms with van der Waals surface area (Å²) < 4.78 is 0. The highest BCUT2D eigenvalue weighted by Crippen LogP contribution is 2.31. The Morgan fingerprint density at radius 1 is 0.905 bits per heavy atom. The van der Waals surface area contributed by atoms with Crippen LogP contribution in [0.4, 0.5) is 0 Å². The first kappa shape index (κ1) is 12.9. The molecule has 21 heavy (non-hydrogen) atoms. The highest BCUT2D eigenvalue weighted by molar-refractivity contribution is 5.44. The standard InChI is InChI=1S/C19H21NO/c21-19-11-16-7-3-6-15(16)10-18(19)13-20-9-8-14-4-1-2-5-17(14)12-20/h1-2,4-5,10-11,21H,3,6-9,12-13H2. The molecule has 1 aliphatic heterocycles. The van der Waals surface area contributed by atoms with Crippen LogP contribution in [0.1, 0.15) is 34.2 Å². The van der Waals surface area contributed by atoms with Crippen molar-refractivity contribution in [1.29, 1.82) is 0 Å². The van der Waals surface area contributed by atoms with E-state index in [1.165, 1.54) is 35.1 Å². The molecule has 2 heteroatoms. The Hall–Kier alpha value is -1.80. The van der Waals surface area contributed by atoms with Gasteiger partial charge in [0.2, 0.25) is 0 Å². The number of benzene rings is 2. The van der Waals surface area contributed by atoms with Crippen molar-refractivity contribution in [3.63, 3.8) is 0 Å². The van der Waals surface area contributed by atoms with Crippen LogP contribution in [0.25, 0.3) is 0 Å². The van der Waals surface area contributed by atoms with Crippen LogP contribution in [0.2, 0.25) is 0 Å². The van der Waals surface area contributed by atoms with E-state index in [1.807, 2.05) is 6.07 Å². The Labute approximate surface area is 126 Å². The lowest BCUT2D eigenvalue weighted by molar-refractivity contribution is 0.242. The van der Waals surface area contributed by atoms with Gasteiger partial charge in [-0.25, -0.2) is 0 Å². The van der Waals surface area contributed by atoms with E-state index in [2.05, 4.69) is 35.2 Å². The van der Waals surface area contributed by atoms with Gasteiger partial charge in [0.15, 0.2) is 0 Å². The van der Waals surface area contributed by atoms with E-state index in [1.54, 1.807) is 0 Å². The first-order valence-electron chi connectivity index (χ1n) is 7.92. The van der Waals surface area contributed by atoms with Gasteiger partial charge in [-0.1, -0.05) is 30.3 Å². The smallest absolute Gasteiger partial charge is 0.120 e. The summed E-state index contributed by atoms with van der Waals surface area (Å²) in [6.07, 6.45) is 4.64. The fourth-order valence-corrected chi connectivity index (χ4v) is 3.72. The molecule has 0 fully saturated rings. The quantitative estimate of drug-likeness (QED) is 0.910. The van der Waals surface area contributed by atoms with Gasteiger partial charge in [-0.15, -0.1) is 0 Å². The van der Waals surface area contributed by atoms with Gasteiger partial charge < -0.3 is 5.11 Å². The van der Waals surface area contributed by atoms with Crippen LogP contribution >= 0.6 is 0 Å². The van der Waals surface area contributed by atoms with Gasteiger partial charge in [0, 0.05) is 25.2 Å². The predicted molar refractivity (Wildman–Crippen MR) is 84.4 cm³/mol. The third kappa shape index (κ3) is 2.44. The van der Waals surface area contributed by atoms with Crippen LogP contribution in [-0.4, -0.2) is 16.6 Å². The first-order chi connectivity index (χ1) is 10.3. The number of aromatic hydroxyl groups is 1. The van der Waals surface area contributed by atoms with Gasteiger partial charge in [-0.3, -0.25) is 4.90 Å². The van der Waals surface area contributed by atoms with E-state index in [-0.39, 0.29) is 0 Å². The van der Waals surface area contributed by atoms with Gasteiger partial charge in [0.1, 0.15) is 5.75 Å². The van der Waals surface area contributed by atoms with E-state index in [9.17, 15) is 5.11 Å². The first-order valence-corrected chi connectivity index (χ1v) is 7.92. The summed E-state index contributed by atoms with van der Waals surface area (Å²) >= 11 is 0. The summed E-state index contributed by atoms with van der Waals surface area (Å²) in [5, 5.41) is 10.3. The highest BCUT2D eigenvalue weighted by atomic mass is 16.3. The fourth-order valence-electron chi connectivity index (χ4n) is 3.72. The zero-order valence-electron chi connectivity index (χ0n) is 12.3. The minimum Gasteiger partial charge on any atom is -0.508 e. The van der Waals surface area contributed by atoms with E-state index >= 15 is 0 Å². The van der Waals surface area contributed by atoms with Crippen molar-refractivity contribution in [3.05, 3.63) is 64.2 Å². The topological polar surface area (TPSA) is 23.5 Å². The Morgan fingerprint density at radius 3 is 2.52 bits per heavy atom. The molecule has 0 saturated carbocycles. The molecule has 0 radical (unpaired) electrons. The summed E-state index contributed by atoms with van der Waals surface area (Å²) in [6, 6.07) is 12.9. The summed E-state index contributed by atoms with van der Waals surface area (Å²) in [5.74, 6) is 0.481. The molecule has 0 spiro atoms. The van der Waals surface area contributed by atoms with E-state index in [0.717, 1.165) is 38.0 Å². The molecule has 0 aromatic heterocycles. The molecule has 2 nitrogen and oxygen atoms in total. The number of fused-ring (bicyclic) bond motifs is 2. The summed E-state index contributed by atoms with van der Waals surface area (Å²) in [5.41, 5.74) is 6.80. The van der Waals surface area contributed by atoms with Gasteiger partial charge >= 0.3 is 0 Å². The minimum atomic E-state index is 0.481. The molecule has 0 saturated heterocycles.